The molecule has 0 saturated carbocycles. The minimum Gasteiger partial charge on any atom is -0.476 e. The first-order chi connectivity index (χ1) is 11.1. The Hall–Kier alpha value is -2.50. The third-order valence-electron chi connectivity index (χ3n) is 3.45. The second-order valence-electron chi connectivity index (χ2n) is 5.15. The fourth-order valence-electron chi connectivity index (χ4n) is 2.33. The number of halogens is 2. The number of carboxylic acids is 1. The molecule has 0 unspecified atom stereocenters. The fourth-order valence-corrected chi connectivity index (χ4v) is 2.33. The zero-order chi connectivity index (χ0) is 16.2. The van der Waals surface area contributed by atoms with Crippen molar-refractivity contribution in [1.29, 1.82) is 0 Å². The topological polar surface area (TPSA) is 59.4 Å². The van der Waals surface area contributed by atoms with Crippen LogP contribution in [0.25, 0.3) is 10.8 Å². The van der Waals surface area contributed by atoms with Gasteiger partial charge in [-0.2, -0.15) is 0 Å². The molecule has 24 heavy (non-hydrogen) atoms. The zero-order valence-corrected chi connectivity index (χ0v) is 13.4. The maximum absolute atomic E-state index is 13.5. The molecule has 0 radical (unpaired) electrons. The van der Waals surface area contributed by atoms with Gasteiger partial charge in [0.05, 0.1) is 13.2 Å². The Morgan fingerprint density at radius 3 is 2.46 bits per heavy atom. The van der Waals surface area contributed by atoms with E-state index in [0.29, 0.717) is 12.2 Å². The van der Waals surface area contributed by atoms with Crippen LogP contribution in [-0.4, -0.2) is 16.1 Å². The van der Waals surface area contributed by atoms with Gasteiger partial charge in [-0.05, 0) is 34.0 Å². The number of hydrogen-bond donors (Lipinski definition) is 1. The molecule has 1 N–H and O–H groups in total. The molecule has 3 rings (SSSR count). The Morgan fingerprint density at radius 2 is 1.75 bits per heavy atom. The lowest BCUT2D eigenvalue weighted by Gasteiger charge is -2.06. The third kappa shape index (κ3) is 4.07. The lowest BCUT2D eigenvalue weighted by atomic mass is 10.1. The van der Waals surface area contributed by atoms with Crippen molar-refractivity contribution in [2.24, 2.45) is 0 Å². The van der Waals surface area contributed by atoms with Gasteiger partial charge in [0.2, 0.25) is 0 Å². The molecule has 0 saturated heterocycles. The molecule has 1 aromatic heterocycles. The van der Waals surface area contributed by atoms with Crippen molar-refractivity contribution >= 4 is 29.1 Å². The normalized spacial score (nSPS) is 10.4. The number of rotatable bonds is 5. The van der Waals surface area contributed by atoms with E-state index in [0.717, 1.165) is 22.4 Å². The van der Waals surface area contributed by atoms with E-state index >= 15 is 0 Å². The molecule has 124 valence electrons. The van der Waals surface area contributed by atoms with Crippen LogP contribution in [0.2, 0.25) is 0 Å². The maximum atomic E-state index is 13.5. The van der Waals surface area contributed by atoms with Gasteiger partial charge in [-0.3, -0.25) is 0 Å². The van der Waals surface area contributed by atoms with Crippen LogP contribution in [0.4, 0.5) is 4.39 Å². The van der Waals surface area contributed by atoms with Gasteiger partial charge in [0.25, 0.3) is 0 Å². The molecule has 1 heterocycles. The Kier molecular flexibility index (Phi) is 5.84. The minimum atomic E-state index is -1.38. The number of carbonyl (C=O) groups is 1. The molecule has 0 atom stereocenters. The molecule has 0 aliphatic carbocycles. The largest absolute Gasteiger partial charge is 0.476 e. The summed E-state index contributed by atoms with van der Waals surface area (Å²) in [5.74, 6) is -2.24. The molecule has 0 bridgehead atoms. The van der Waals surface area contributed by atoms with E-state index in [1.807, 2.05) is 42.5 Å². The standard InChI is InChI=1S/C18H14FNO3.ClH/c19-16-8-13(9-20-17(16)18(21)22)11-23-10-12-5-6-14-3-1-2-4-15(14)7-12;/h1-9H,10-11H2,(H,21,22);1H. The Balaban J connectivity index is 0.00000208. The highest BCUT2D eigenvalue weighted by molar-refractivity contribution is 5.86. The Labute approximate surface area is 144 Å². The Morgan fingerprint density at radius 1 is 1.04 bits per heavy atom. The van der Waals surface area contributed by atoms with E-state index < -0.39 is 17.5 Å². The molecule has 6 heteroatoms. The predicted molar refractivity (Wildman–Crippen MR) is 90.8 cm³/mol. The second kappa shape index (κ2) is 7.86. The highest BCUT2D eigenvalue weighted by Crippen LogP contribution is 2.17. The number of fused-ring (bicyclic) bond motifs is 1. The van der Waals surface area contributed by atoms with E-state index in [1.165, 1.54) is 6.20 Å². The number of aromatic nitrogens is 1. The molecule has 0 fully saturated rings. The van der Waals surface area contributed by atoms with E-state index in [4.69, 9.17) is 9.84 Å². The van der Waals surface area contributed by atoms with Crippen LogP contribution >= 0.6 is 12.4 Å². The zero-order valence-electron chi connectivity index (χ0n) is 12.6. The molecule has 2 aromatic carbocycles. The van der Waals surface area contributed by atoms with Crippen LogP contribution in [-0.2, 0) is 18.0 Å². The van der Waals surface area contributed by atoms with E-state index in [2.05, 4.69) is 4.98 Å². The first kappa shape index (κ1) is 17.8. The number of hydrogen-bond acceptors (Lipinski definition) is 3. The number of pyridine rings is 1. The summed E-state index contributed by atoms with van der Waals surface area (Å²) >= 11 is 0. The lowest BCUT2D eigenvalue weighted by molar-refractivity contribution is 0.0684. The van der Waals surface area contributed by atoms with Crippen LogP contribution in [0.1, 0.15) is 21.6 Å². The van der Waals surface area contributed by atoms with Crippen molar-refractivity contribution in [1.82, 2.24) is 4.98 Å². The maximum Gasteiger partial charge on any atom is 0.357 e. The SMILES string of the molecule is Cl.O=C(O)c1ncc(COCc2ccc3ccccc3c2)cc1F. The fraction of sp³-hybridized carbons (Fsp3) is 0.111. The summed E-state index contributed by atoms with van der Waals surface area (Å²) in [7, 11) is 0. The molecular weight excluding hydrogens is 333 g/mol. The monoisotopic (exact) mass is 347 g/mol. The highest BCUT2D eigenvalue weighted by Gasteiger charge is 2.12. The first-order valence-corrected chi connectivity index (χ1v) is 7.06. The summed E-state index contributed by atoms with van der Waals surface area (Å²) in [5, 5.41) is 11.0. The third-order valence-corrected chi connectivity index (χ3v) is 3.45. The van der Waals surface area contributed by atoms with E-state index in [-0.39, 0.29) is 19.0 Å². The molecule has 0 spiro atoms. The van der Waals surface area contributed by atoms with Gasteiger partial charge in [0, 0.05) is 6.20 Å². The summed E-state index contributed by atoms with van der Waals surface area (Å²) in [4.78, 5) is 14.3. The van der Waals surface area contributed by atoms with Gasteiger partial charge in [0.1, 0.15) is 0 Å². The molecule has 0 aliphatic heterocycles. The van der Waals surface area contributed by atoms with Crippen molar-refractivity contribution in [3.8, 4) is 0 Å². The summed E-state index contributed by atoms with van der Waals surface area (Å²) in [5.41, 5.74) is 0.927. The van der Waals surface area contributed by atoms with Gasteiger partial charge in [-0.25, -0.2) is 14.2 Å². The van der Waals surface area contributed by atoms with Crippen LogP contribution in [0.3, 0.4) is 0 Å². The van der Waals surface area contributed by atoms with Gasteiger partial charge >= 0.3 is 5.97 Å². The van der Waals surface area contributed by atoms with E-state index in [1.54, 1.807) is 0 Å². The molecular formula is C18H15ClFNO3. The van der Waals surface area contributed by atoms with Gasteiger partial charge in [-0.15, -0.1) is 12.4 Å². The molecule has 0 aliphatic rings. The lowest BCUT2D eigenvalue weighted by Crippen LogP contribution is -2.05. The summed E-state index contributed by atoms with van der Waals surface area (Å²) in [6.45, 7) is 0.545. The smallest absolute Gasteiger partial charge is 0.357 e. The predicted octanol–water partition coefficient (Wildman–Crippen LogP) is 4.21. The van der Waals surface area contributed by atoms with Crippen molar-refractivity contribution in [3.63, 3.8) is 0 Å². The van der Waals surface area contributed by atoms with E-state index in [9.17, 15) is 9.18 Å². The van der Waals surface area contributed by atoms with Crippen LogP contribution < -0.4 is 0 Å². The average molecular weight is 348 g/mol. The first-order valence-electron chi connectivity index (χ1n) is 7.06. The van der Waals surface area contributed by atoms with Crippen molar-refractivity contribution in [2.75, 3.05) is 0 Å². The second-order valence-corrected chi connectivity index (χ2v) is 5.15. The van der Waals surface area contributed by atoms with Crippen molar-refractivity contribution in [3.05, 3.63) is 77.4 Å². The summed E-state index contributed by atoms with van der Waals surface area (Å²) in [6.07, 6.45) is 1.31. The van der Waals surface area contributed by atoms with Gasteiger partial charge < -0.3 is 9.84 Å². The number of aromatic carboxylic acids is 1. The Bertz CT molecular complexity index is 870. The number of nitrogens with zero attached hydrogens (tertiary/aromatic N) is 1. The summed E-state index contributed by atoms with van der Waals surface area (Å²) < 4.78 is 19.1. The minimum absolute atomic E-state index is 0. The van der Waals surface area contributed by atoms with Crippen LogP contribution in [0, 0.1) is 5.82 Å². The molecule has 3 aromatic rings. The van der Waals surface area contributed by atoms with Crippen LogP contribution in [0.15, 0.2) is 54.7 Å². The van der Waals surface area contributed by atoms with Crippen LogP contribution in [0.5, 0.6) is 0 Å². The van der Waals surface area contributed by atoms with Crippen molar-refractivity contribution < 1.29 is 19.0 Å². The van der Waals surface area contributed by atoms with Gasteiger partial charge in [0.15, 0.2) is 11.5 Å². The van der Waals surface area contributed by atoms with Gasteiger partial charge in [-0.1, -0.05) is 36.4 Å². The average Bonchev–Trinajstić information content (AvgIpc) is 2.54. The molecule has 0 amide bonds. The number of benzene rings is 2. The molecule has 4 nitrogen and oxygen atoms in total. The quantitative estimate of drug-likeness (QED) is 0.751. The highest BCUT2D eigenvalue weighted by atomic mass is 35.5. The van der Waals surface area contributed by atoms with Crippen molar-refractivity contribution in [2.45, 2.75) is 13.2 Å². The summed E-state index contributed by atoms with van der Waals surface area (Å²) in [6, 6.07) is 15.2. The number of ether oxygens (including phenoxy) is 1. The number of carboxylic acid groups (broad SMARTS) is 1.